The number of carboxylic acids is 1. The summed E-state index contributed by atoms with van der Waals surface area (Å²) in [7, 11) is 0. The van der Waals surface area contributed by atoms with Crippen molar-refractivity contribution in [1.29, 1.82) is 0 Å². The Morgan fingerprint density at radius 1 is 1.56 bits per heavy atom. The number of hydrogen-bond donors (Lipinski definition) is 1. The Balaban J connectivity index is 3.30. The normalized spacial score (nSPS) is 13.9. The molecule has 0 aromatic carbocycles. The van der Waals surface area contributed by atoms with E-state index in [1.54, 1.807) is 0 Å². The Morgan fingerprint density at radius 2 is 2.06 bits per heavy atom. The monoisotopic (exact) mass is 300 g/mol. The molecule has 8 heteroatoms. The van der Waals surface area contributed by atoms with Gasteiger partial charge in [-0.2, -0.15) is 18.3 Å². The summed E-state index contributed by atoms with van der Waals surface area (Å²) in [6.07, 6.45) is -4.60. The fraction of sp³-hybridized carbons (Fsp3) is 0.500. The second kappa shape index (κ2) is 4.08. The van der Waals surface area contributed by atoms with Crippen molar-refractivity contribution in [3.05, 3.63) is 15.9 Å². The fourth-order valence-corrected chi connectivity index (χ4v) is 1.65. The van der Waals surface area contributed by atoms with Gasteiger partial charge in [-0.3, -0.25) is 4.68 Å². The summed E-state index contributed by atoms with van der Waals surface area (Å²) in [5.74, 6) is -1.24. The molecule has 0 fully saturated rings. The Bertz CT molecular complexity index is 428. The molecular weight excluding hydrogens is 293 g/mol. The highest BCUT2D eigenvalue weighted by Gasteiger charge is 2.38. The van der Waals surface area contributed by atoms with E-state index in [2.05, 4.69) is 21.0 Å². The van der Waals surface area contributed by atoms with Gasteiger partial charge in [0.05, 0.1) is 10.2 Å². The number of aromatic nitrogens is 2. The van der Waals surface area contributed by atoms with Crippen molar-refractivity contribution >= 4 is 21.9 Å². The summed E-state index contributed by atoms with van der Waals surface area (Å²) >= 11 is 2.76. The van der Waals surface area contributed by atoms with Gasteiger partial charge in [-0.05, 0) is 29.8 Å². The summed E-state index contributed by atoms with van der Waals surface area (Å²) in [4.78, 5) is 10.7. The molecule has 16 heavy (non-hydrogen) atoms. The van der Waals surface area contributed by atoms with Crippen LogP contribution in [0.25, 0.3) is 0 Å². The predicted molar refractivity (Wildman–Crippen MR) is 52.0 cm³/mol. The van der Waals surface area contributed by atoms with Crippen LogP contribution >= 0.6 is 15.9 Å². The van der Waals surface area contributed by atoms with Crippen LogP contribution in [0.2, 0.25) is 0 Å². The zero-order valence-corrected chi connectivity index (χ0v) is 9.93. The summed E-state index contributed by atoms with van der Waals surface area (Å²) in [5, 5.41) is 12.0. The lowest BCUT2D eigenvalue weighted by molar-refractivity contribution is -0.144. The van der Waals surface area contributed by atoms with Crippen LogP contribution in [0.4, 0.5) is 13.2 Å². The fourth-order valence-electron chi connectivity index (χ4n) is 1.16. The molecule has 0 saturated heterocycles. The molecule has 0 aliphatic heterocycles. The van der Waals surface area contributed by atoms with E-state index in [9.17, 15) is 18.0 Å². The molecule has 4 nitrogen and oxygen atoms in total. The largest absolute Gasteiger partial charge is 0.480 e. The van der Waals surface area contributed by atoms with Crippen molar-refractivity contribution in [2.24, 2.45) is 0 Å². The SMILES string of the molecule is Cc1c(Br)c(C(F)(F)F)nn1[C@@H](C)C(=O)O. The van der Waals surface area contributed by atoms with Crippen LogP contribution in [0.5, 0.6) is 0 Å². The van der Waals surface area contributed by atoms with Crippen molar-refractivity contribution in [1.82, 2.24) is 9.78 Å². The highest BCUT2D eigenvalue weighted by atomic mass is 79.9. The molecule has 0 unspecified atom stereocenters. The first-order valence-electron chi connectivity index (χ1n) is 4.21. The number of alkyl halides is 3. The van der Waals surface area contributed by atoms with Crippen LogP contribution < -0.4 is 0 Å². The smallest absolute Gasteiger partial charge is 0.436 e. The number of halogens is 4. The van der Waals surface area contributed by atoms with Gasteiger partial charge in [-0.25, -0.2) is 4.79 Å². The van der Waals surface area contributed by atoms with Crippen LogP contribution in [0, 0.1) is 6.92 Å². The molecule has 1 rings (SSSR count). The number of rotatable bonds is 2. The third-order valence-electron chi connectivity index (χ3n) is 2.07. The van der Waals surface area contributed by atoms with Gasteiger partial charge in [0, 0.05) is 0 Å². The Labute approximate surface area is 97.2 Å². The molecule has 0 amide bonds. The van der Waals surface area contributed by atoms with E-state index in [0.717, 1.165) is 4.68 Å². The van der Waals surface area contributed by atoms with Crippen molar-refractivity contribution in [2.75, 3.05) is 0 Å². The van der Waals surface area contributed by atoms with E-state index in [1.165, 1.54) is 13.8 Å². The van der Waals surface area contributed by atoms with Crippen molar-refractivity contribution in [3.63, 3.8) is 0 Å². The van der Waals surface area contributed by atoms with E-state index in [0.29, 0.717) is 0 Å². The molecular formula is C8H8BrF3N2O2. The molecule has 0 bridgehead atoms. The lowest BCUT2D eigenvalue weighted by Gasteiger charge is -2.08. The second-order valence-electron chi connectivity index (χ2n) is 3.20. The lowest BCUT2D eigenvalue weighted by Crippen LogP contribution is -2.18. The summed E-state index contributed by atoms with van der Waals surface area (Å²) < 4.78 is 38.0. The molecule has 1 aromatic rings. The molecule has 0 spiro atoms. The molecule has 90 valence electrons. The first kappa shape index (κ1) is 13.0. The maximum atomic E-state index is 12.5. The van der Waals surface area contributed by atoms with Gasteiger partial charge in [0.1, 0.15) is 6.04 Å². The Kier molecular flexibility index (Phi) is 3.32. The predicted octanol–water partition coefficient (Wildman–Crippen LogP) is 2.62. The van der Waals surface area contributed by atoms with E-state index in [-0.39, 0.29) is 10.2 Å². The summed E-state index contributed by atoms with van der Waals surface area (Å²) in [6, 6.07) is -1.15. The van der Waals surface area contributed by atoms with E-state index in [1.807, 2.05) is 0 Å². The van der Waals surface area contributed by atoms with E-state index < -0.39 is 23.9 Å². The molecule has 1 aromatic heterocycles. The van der Waals surface area contributed by atoms with Crippen molar-refractivity contribution in [2.45, 2.75) is 26.1 Å². The van der Waals surface area contributed by atoms with Gasteiger partial charge in [0.25, 0.3) is 0 Å². The van der Waals surface area contributed by atoms with Crippen LogP contribution in [0.1, 0.15) is 24.4 Å². The lowest BCUT2D eigenvalue weighted by atomic mass is 10.3. The topological polar surface area (TPSA) is 55.1 Å². The Hall–Kier alpha value is -1.05. The Morgan fingerprint density at radius 3 is 2.38 bits per heavy atom. The standard InChI is InChI=1S/C8H8BrF3N2O2/c1-3-5(9)6(8(10,11)12)13-14(3)4(2)7(15)16/h4H,1-2H3,(H,15,16)/t4-/m0/s1. The maximum absolute atomic E-state index is 12.5. The van der Waals surface area contributed by atoms with Gasteiger partial charge in [0.2, 0.25) is 0 Å². The molecule has 0 aliphatic carbocycles. The van der Waals surface area contributed by atoms with Gasteiger partial charge in [-0.1, -0.05) is 0 Å². The highest BCUT2D eigenvalue weighted by Crippen LogP contribution is 2.36. The molecule has 1 N–H and O–H groups in total. The number of carboxylic acid groups (broad SMARTS) is 1. The van der Waals surface area contributed by atoms with E-state index >= 15 is 0 Å². The quantitative estimate of drug-likeness (QED) is 0.913. The molecule has 1 atom stereocenters. The summed E-state index contributed by atoms with van der Waals surface area (Å²) in [6.45, 7) is 2.63. The van der Waals surface area contributed by atoms with Crippen LogP contribution in [-0.2, 0) is 11.0 Å². The molecule has 0 saturated carbocycles. The van der Waals surface area contributed by atoms with Crippen LogP contribution in [0.3, 0.4) is 0 Å². The minimum atomic E-state index is -4.60. The van der Waals surface area contributed by atoms with Crippen molar-refractivity contribution in [3.8, 4) is 0 Å². The second-order valence-corrected chi connectivity index (χ2v) is 4.00. The maximum Gasteiger partial charge on any atom is 0.436 e. The zero-order chi connectivity index (χ0) is 12.7. The molecule has 0 aliphatic rings. The zero-order valence-electron chi connectivity index (χ0n) is 8.34. The van der Waals surface area contributed by atoms with E-state index in [4.69, 9.17) is 5.11 Å². The van der Waals surface area contributed by atoms with Crippen LogP contribution in [-0.4, -0.2) is 20.9 Å². The average molecular weight is 301 g/mol. The first-order chi connectivity index (χ1) is 7.16. The first-order valence-corrected chi connectivity index (χ1v) is 5.00. The third-order valence-corrected chi connectivity index (χ3v) is 3.02. The van der Waals surface area contributed by atoms with Crippen molar-refractivity contribution < 1.29 is 23.1 Å². The number of nitrogens with zero attached hydrogens (tertiary/aromatic N) is 2. The average Bonchev–Trinajstić information content (AvgIpc) is 2.42. The van der Waals surface area contributed by atoms with Gasteiger partial charge in [-0.15, -0.1) is 0 Å². The number of hydrogen-bond acceptors (Lipinski definition) is 2. The minimum Gasteiger partial charge on any atom is -0.480 e. The molecule has 0 radical (unpaired) electrons. The number of carbonyl (C=O) groups is 1. The summed E-state index contributed by atoms with van der Waals surface area (Å²) in [5.41, 5.74) is -0.986. The minimum absolute atomic E-state index is 0.127. The number of aliphatic carboxylic acids is 1. The van der Waals surface area contributed by atoms with Gasteiger partial charge >= 0.3 is 12.1 Å². The molecule has 1 heterocycles. The highest BCUT2D eigenvalue weighted by molar-refractivity contribution is 9.10. The van der Waals surface area contributed by atoms with Gasteiger partial charge in [0.15, 0.2) is 5.69 Å². The van der Waals surface area contributed by atoms with Crippen LogP contribution in [0.15, 0.2) is 4.47 Å². The third kappa shape index (κ3) is 2.21. The van der Waals surface area contributed by atoms with Gasteiger partial charge < -0.3 is 5.11 Å².